The molecule has 0 saturated carbocycles. The van der Waals surface area contributed by atoms with Gasteiger partial charge in [-0.15, -0.1) is 0 Å². The van der Waals surface area contributed by atoms with Crippen molar-refractivity contribution < 1.29 is 9.59 Å². The summed E-state index contributed by atoms with van der Waals surface area (Å²) in [7, 11) is 0. The normalized spacial score (nSPS) is 13.8. The number of carbonyl (C=O) groups excluding carboxylic acids is 2. The predicted octanol–water partition coefficient (Wildman–Crippen LogP) is 5.71. The highest BCUT2D eigenvalue weighted by Crippen LogP contribution is 2.22. The molecular formula is C28H33N3O2. The number of anilines is 2. The summed E-state index contributed by atoms with van der Waals surface area (Å²) in [6.07, 6.45) is 4.99. The third-order valence-corrected chi connectivity index (χ3v) is 6.34. The van der Waals surface area contributed by atoms with Crippen LogP contribution < -0.4 is 10.2 Å². The second-order valence-corrected chi connectivity index (χ2v) is 8.75. The summed E-state index contributed by atoms with van der Waals surface area (Å²) in [6.45, 7) is 5.15. The van der Waals surface area contributed by atoms with Crippen molar-refractivity contribution in [3.8, 4) is 0 Å². The Bertz CT molecular complexity index is 1090. The van der Waals surface area contributed by atoms with Crippen LogP contribution in [0.5, 0.6) is 0 Å². The molecule has 5 heteroatoms. The molecule has 4 rings (SSSR count). The minimum absolute atomic E-state index is 0.0830. The highest BCUT2D eigenvalue weighted by atomic mass is 16.2. The Kier molecular flexibility index (Phi) is 7.61. The summed E-state index contributed by atoms with van der Waals surface area (Å²) in [6, 6.07) is 22.1. The lowest BCUT2D eigenvalue weighted by molar-refractivity contribution is -0.116. The van der Waals surface area contributed by atoms with Gasteiger partial charge in [-0.2, -0.15) is 0 Å². The molecule has 0 radical (unpaired) electrons. The summed E-state index contributed by atoms with van der Waals surface area (Å²) < 4.78 is 0. The molecule has 1 aliphatic rings. The lowest BCUT2D eigenvalue weighted by Crippen LogP contribution is -2.48. The van der Waals surface area contributed by atoms with Crippen LogP contribution in [0.4, 0.5) is 11.4 Å². The number of fused-ring (bicyclic) bond motifs is 1. The summed E-state index contributed by atoms with van der Waals surface area (Å²) >= 11 is 0. The van der Waals surface area contributed by atoms with Gasteiger partial charge in [-0.05, 0) is 53.6 Å². The first kappa shape index (κ1) is 22.8. The SMILES string of the molecule is CCCCCCC(=O)Nc1ccc(N2CCN(C(=O)c3ccc4ccccc4c3)CC2)cc1. The number of rotatable bonds is 8. The molecule has 1 N–H and O–H groups in total. The van der Waals surface area contributed by atoms with Gasteiger partial charge in [0.05, 0.1) is 0 Å². The largest absolute Gasteiger partial charge is 0.368 e. The average molecular weight is 444 g/mol. The molecule has 0 bridgehead atoms. The zero-order valence-corrected chi connectivity index (χ0v) is 19.4. The topological polar surface area (TPSA) is 52.7 Å². The average Bonchev–Trinajstić information content (AvgIpc) is 2.86. The van der Waals surface area contributed by atoms with Crippen molar-refractivity contribution in [3.05, 3.63) is 72.3 Å². The number of amides is 2. The van der Waals surface area contributed by atoms with Crippen LogP contribution in [-0.4, -0.2) is 42.9 Å². The van der Waals surface area contributed by atoms with E-state index in [1.54, 1.807) is 0 Å². The zero-order chi connectivity index (χ0) is 23.0. The smallest absolute Gasteiger partial charge is 0.253 e. The van der Waals surface area contributed by atoms with Crippen molar-refractivity contribution in [2.75, 3.05) is 36.4 Å². The Morgan fingerprint density at radius 1 is 0.818 bits per heavy atom. The summed E-state index contributed by atoms with van der Waals surface area (Å²) in [5.41, 5.74) is 2.70. The second kappa shape index (κ2) is 11.0. The van der Waals surface area contributed by atoms with Crippen molar-refractivity contribution in [3.63, 3.8) is 0 Å². The molecule has 3 aromatic rings. The van der Waals surface area contributed by atoms with E-state index in [2.05, 4.69) is 23.2 Å². The molecule has 0 spiro atoms. The number of nitrogens with zero attached hydrogens (tertiary/aromatic N) is 2. The number of benzene rings is 3. The van der Waals surface area contributed by atoms with Gasteiger partial charge in [0.2, 0.25) is 5.91 Å². The fraction of sp³-hybridized carbons (Fsp3) is 0.357. The molecule has 0 aromatic heterocycles. The fourth-order valence-corrected chi connectivity index (χ4v) is 4.36. The van der Waals surface area contributed by atoms with Gasteiger partial charge in [-0.3, -0.25) is 9.59 Å². The van der Waals surface area contributed by atoms with E-state index < -0.39 is 0 Å². The highest BCUT2D eigenvalue weighted by Gasteiger charge is 2.22. The van der Waals surface area contributed by atoms with E-state index >= 15 is 0 Å². The first-order valence-electron chi connectivity index (χ1n) is 12.1. The Morgan fingerprint density at radius 3 is 2.27 bits per heavy atom. The highest BCUT2D eigenvalue weighted by molar-refractivity contribution is 5.98. The van der Waals surface area contributed by atoms with Crippen LogP contribution in [0, 0.1) is 0 Å². The van der Waals surface area contributed by atoms with Crippen molar-refractivity contribution >= 4 is 34.0 Å². The van der Waals surface area contributed by atoms with Crippen LogP contribution in [-0.2, 0) is 4.79 Å². The molecule has 2 amide bonds. The second-order valence-electron chi connectivity index (χ2n) is 8.75. The van der Waals surface area contributed by atoms with Crippen molar-refractivity contribution in [2.24, 2.45) is 0 Å². The third kappa shape index (κ3) is 5.92. The zero-order valence-electron chi connectivity index (χ0n) is 19.4. The molecule has 0 atom stereocenters. The number of hydrogen-bond donors (Lipinski definition) is 1. The monoisotopic (exact) mass is 443 g/mol. The summed E-state index contributed by atoms with van der Waals surface area (Å²) in [4.78, 5) is 29.3. The van der Waals surface area contributed by atoms with E-state index in [1.807, 2.05) is 65.6 Å². The van der Waals surface area contributed by atoms with Crippen molar-refractivity contribution in [2.45, 2.75) is 39.0 Å². The minimum Gasteiger partial charge on any atom is -0.368 e. The van der Waals surface area contributed by atoms with Crippen molar-refractivity contribution in [1.29, 1.82) is 0 Å². The molecule has 0 aliphatic carbocycles. The number of hydrogen-bond acceptors (Lipinski definition) is 3. The van der Waals surface area contributed by atoms with Gasteiger partial charge in [-0.1, -0.05) is 56.5 Å². The molecule has 1 saturated heterocycles. The number of piperazine rings is 1. The van der Waals surface area contributed by atoms with Gasteiger partial charge in [0, 0.05) is 49.5 Å². The van der Waals surface area contributed by atoms with Gasteiger partial charge in [-0.25, -0.2) is 0 Å². The van der Waals surface area contributed by atoms with Crippen LogP contribution in [0.1, 0.15) is 49.4 Å². The number of carbonyl (C=O) groups is 2. The molecule has 1 fully saturated rings. The molecular weight excluding hydrogens is 410 g/mol. The summed E-state index contributed by atoms with van der Waals surface area (Å²) in [5, 5.41) is 5.23. The van der Waals surface area contributed by atoms with E-state index in [1.165, 1.54) is 12.8 Å². The number of nitrogens with one attached hydrogen (secondary N) is 1. The van der Waals surface area contributed by atoms with Crippen LogP contribution in [0.3, 0.4) is 0 Å². The molecule has 33 heavy (non-hydrogen) atoms. The van der Waals surface area contributed by atoms with Crippen molar-refractivity contribution in [1.82, 2.24) is 4.90 Å². The Balaban J connectivity index is 1.28. The molecule has 5 nitrogen and oxygen atoms in total. The predicted molar refractivity (Wildman–Crippen MR) is 136 cm³/mol. The van der Waals surface area contributed by atoms with E-state index in [4.69, 9.17) is 0 Å². The number of unbranched alkanes of at least 4 members (excludes halogenated alkanes) is 3. The van der Waals surface area contributed by atoms with Gasteiger partial charge in [0.15, 0.2) is 0 Å². The maximum atomic E-state index is 13.0. The maximum Gasteiger partial charge on any atom is 0.253 e. The van der Waals surface area contributed by atoms with Crippen LogP contribution in [0.2, 0.25) is 0 Å². The molecule has 1 heterocycles. The lowest BCUT2D eigenvalue weighted by atomic mass is 10.1. The van der Waals surface area contributed by atoms with Crippen LogP contribution in [0.15, 0.2) is 66.7 Å². The van der Waals surface area contributed by atoms with Gasteiger partial charge in [0.25, 0.3) is 5.91 Å². The van der Waals surface area contributed by atoms with Crippen LogP contribution in [0.25, 0.3) is 10.8 Å². The molecule has 172 valence electrons. The molecule has 1 aliphatic heterocycles. The third-order valence-electron chi connectivity index (χ3n) is 6.34. The Morgan fingerprint density at radius 2 is 1.55 bits per heavy atom. The first-order chi connectivity index (χ1) is 16.1. The van der Waals surface area contributed by atoms with E-state index in [-0.39, 0.29) is 11.8 Å². The van der Waals surface area contributed by atoms with E-state index in [0.29, 0.717) is 19.5 Å². The summed E-state index contributed by atoms with van der Waals surface area (Å²) in [5.74, 6) is 0.178. The first-order valence-corrected chi connectivity index (χ1v) is 12.1. The standard InChI is InChI=1S/C28H33N3O2/c1-2-3-4-5-10-27(32)29-25-13-15-26(16-14-25)30-17-19-31(20-18-30)28(33)24-12-11-22-8-6-7-9-23(22)21-24/h6-9,11-16,21H,2-5,10,17-20H2,1H3,(H,29,32). The van der Waals surface area contributed by atoms with Gasteiger partial charge >= 0.3 is 0 Å². The maximum absolute atomic E-state index is 13.0. The molecule has 3 aromatic carbocycles. The van der Waals surface area contributed by atoms with Gasteiger partial charge < -0.3 is 15.1 Å². The lowest BCUT2D eigenvalue weighted by Gasteiger charge is -2.36. The van der Waals surface area contributed by atoms with Gasteiger partial charge in [0.1, 0.15) is 0 Å². The van der Waals surface area contributed by atoms with Crippen LogP contribution >= 0.6 is 0 Å². The van der Waals surface area contributed by atoms with E-state index in [9.17, 15) is 9.59 Å². The quantitative estimate of drug-likeness (QED) is 0.454. The Hall–Kier alpha value is -3.34. The molecule has 0 unspecified atom stereocenters. The Labute approximate surface area is 196 Å². The minimum atomic E-state index is 0.0830. The fourth-order valence-electron chi connectivity index (χ4n) is 4.36. The van der Waals surface area contributed by atoms with E-state index in [0.717, 1.165) is 53.6 Å².